The van der Waals surface area contributed by atoms with Crippen molar-refractivity contribution in [3.63, 3.8) is 0 Å². The molecule has 1 aliphatic carbocycles. The first-order valence-corrected chi connectivity index (χ1v) is 4.63. The molecule has 70 valence electrons. The highest BCUT2D eigenvalue weighted by Gasteiger charge is 2.49. The van der Waals surface area contributed by atoms with E-state index in [1.807, 2.05) is 12.1 Å². The Morgan fingerprint density at radius 1 is 1.31 bits per heavy atom. The van der Waals surface area contributed by atoms with E-state index in [9.17, 15) is 10.2 Å². The molecule has 2 rings (SSSR count). The monoisotopic (exact) mass is 178 g/mol. The second kappa shape index (κ2) is 2.74. The lowest BCUT2D eigenvalue weighted by atomic mass is 9.90. The maximum absolute atomic E-state index is 9.62. The zero-order chi connectivity index (χ0) is 9.47. The van der Waals surface area contributed by atoms with Gasteiger partial charge in [0, 0.05) is 11.0 Å². The lowest BCUT2D eigenvalue weighted by molar-refractivity contribution is 0.149. The number of phenols is 1. The molecule has 0 heterocycles. The Labute approximate surface area is 77.8 Å². The van der Waals surface area contributed by atoms with Crippen LogP contribution in [-0.2, 0) is 5.41 Å². The second-order valence-electron chi connectivity index (χ2n) is 3.85. The maximum Gasteiger partial charge on any atom is 0.119 e. The van der Waals surface area contributed by atoms with Crippen molar-refractivity contribution in [2.75, 3.05) is 0 Å². The molecule has 0 aromatic heterocycles. The van der Waals surface area contributed by atoms with Gasteiger partial charge in [0.1, 0.15) is 5.75 Å². The first-order valence-electron chi connectivity index (χ1n) is 4.63. The molecule has 0 radical (unpaired) electrons. The van der Waals surface area contributed by atoms with Crippen molar-refractivity contribution in [3.8, 4) is 5.75 Å². The molecular weight excluding hydrogens is 164 g/mol. The van der Waals surface area contributed by atoms with Gasteiger partial charge in [0.05, 0.1) is 6.10 Å². The first-order chi connectivity index (χ1) is 6.17. The van der Waals surface area contributed by atoms with Gasteiger partial charge in [0.25, 0.3) is 0 Å². The Morgan fingerprint density at radius 3 is 2.38 bits per heavy atom. The van der Waals surface area contributed by atoms with Gasteiger partial charge in [0.15, 0.2) is 0 Å². The summed E-state index contributed by atoms with van der Waals surface area (Å²) in [5, 5.41) is 19.2. The summed E-state index contributed by atoms with van der Waals surface area (Å²) in [5.74, 6) is 0.306. The number of hydrogen-bond acceptors (Lipinski definition) is 2. The average Bonchev–Trinajstić information content (AvgIpc) is 2.85. The first kappa shape index (κ1) is 8.57. The van der Waals surface area contributed by atoms with Crippen LogP contribution in [0.4, 0.5) is 0 Å². The minimum absolute atomic E-state index is 0.161. The van der Waals surface area contributed by atoms with Crippen molar-refractivity contribution in [3.05, 3.63) is 29.8 Å². The minimum atomic E-state index is -0.374. The fourth-order valence-electron chi connectivity index (χ4n) is 1.94. The lowest BCUT2D eigenvalue weighted by Gasteiger charge is -2.19. The Morgan fingerprint density at radius 2 is 1.92 bits per heavy atom. The van der Waals surface area contributed by atoms with E-state index in [0.717, 1.165) is 18.4 Å². The molecule has 13 heavy (non-hydrogen) atoms. The minimum Gasteiger partial charge on any atom is -0.508 e. The van der Waals surface area contributed by atoms with Crippen molar-refractivity contribution in [2.24, 2.45) is 0 Å². The summed E-state index contributed by atoms with van der Waals surface area (Å²) in [7, 11) is 0. The Bertz CT molecular complexity index is 314. The van der Waals surface area contributed by atoms with E-state index in [4.69, 9.17) is 0 Å². The summed E-state index contributed by atoms with van der Waals surface area (Å²) in [6.07, 6.45) is 1.57. The topological polar surface area (TPSA) is 40.5 Å². The number of hydrogen-bond donors (Lipinski definition) is 2. The molecule has 0 saturated heterocycles. The largest absolute Gasteiger partial charge is 0.508 e. The Balaban J connectivity index is 2.41. The van der Waals surface area contributed by atoms with Gasteiger partial charge in [-0.05, 0) is 25.8 Å². The van der Waals surface area contributed by atoms with Crippen molar-refractivity contribution in [1.29, 1.82) is 0 Å². The van der Waals surface area contributed by atoms with Crippen LogP contribution in [0.3, 0.4) is 0 Å². The number of phenolic OH excluding ortho intramolecular Hbond substituents is 1. The number of aliphatic hydroxyl groups is 1. The molecule has 1 aromatic rings. The number of benzene rings is 1. The van der Waals surface area contributed by atoms with Gasteiger partial charge < -0.3 is 10.2 Å². The van der Waals surface area contributed by atoms with Gasteiger partial charge in [-0.1, -0.05) is 18.2 Å². The molecule has 1 aliphatic rings. The van der Waals surface area contributed by atoms with Gasteiger partial charge in [-0.15, -0.1) is 0 Å². The van der Waals surface area contributed by atoms with Crippen LogP contribution in [0.15, 0.2) is 24.3 Å². The highest BCUT2D eigenvalue weighted by Crippen LogP contribution is 2.53. The molecule has 2 nitrogen and oxygen atoms in total. The van der Waals surface area contributed by atoms with Crippen LogP contribution < -0.4 is 0 Å². The number of para-hydroxylation sites is 1. The predicted octanol–water partition coefficient (Wildman–Crippen LogP) is 1.80. The molecule has 0 amide bonds. The summed E-state index contributed by atoms with van der Waals surface area (Å²) < 4.78 is 0. The van der Waals surface area contributed by atoms with E-state index < -0.39 is 0 Å². The molecule has 0 bridgehead atoms. The Hall–Kier alpha value is -1.02. The van der Waals surface area contributed by atoms with Crippen LogP contribution >= 0.6 is 0 Å². The van der Waals surface area contributed by atoms with Crippen molar-refractivity contribution in [2.45, 2.75) is 31.3 Å². The molecule has 1 fully saturated rings. The van der Waals surface area contributed by atoms with Gasteiger partial charge in [-0.3, -0.25) is 0 Å². The van der Waals surface area contributed by atoms with Crippen molar-refractivity contribution in [1.82, 2.24) is 0 Å². The van der Waals surface area contributed by atoms with E-state index in [1.54, 1.807) is 19.1 Å². The summed E-state index contributed by atoms with van der Waals surface area (Å²) in [6, 6.07) is 7.28. The quantitative estimate of drug-likeness (QED) is 0.725. The highest BCUT2D eigenvalue weighted by molar-refractivity contribution is 5.43. The van der Waals surface area contributed by atoms with Gasteiger partial charge in [0.2, 0.25) is 0 Å². The van der Waals surface area contributed by atoms with Gasteiger partial charge in [-0.25, -0.2) is 0 Å². The standard InChI is InChI=1S/C11H14O2/c1-8(12)11(6-7-11)9-4-2-3-5-10(9)13/h2-5,8,12-13H,6-7H2,1H3. The summed E-state index contributed by atoms with van der Waals surface area (Å²) in [6.45, 7) is 1.79. The van der Waals surface area contributed by atoms with Gasteiger partial charge in [-0.2, -0.15) is 0 Å². The molecule has 1 unspecified atom stereocenters. The Kier molecular flexibility index (Phi) is 1.81. The van der Waals surface area contributed by atoms with Crippen LogP contribution in [0.1, 0.15) is 25.3 Å². The van der Waals surface area contributed by atoms with Gasteiger partial charge >= 0.3 is 0 Å². The molecule has 0 spiro atoms. The highest BCUT2D eigenvalue weighted by atomic mass is 16.3. The molecule has 0 aliphatic heterocycles. The number of aromatic hydroxyl groups is 1. The molecule has 1 saturated carbocycles. The molecular formula is C11H14O2. The maximum atomic E-state index is 9.62. The van der Waals surface area contributed by atoms with Crippen molar-refractivity contribution < 1.29 is 10.2 Å². The van der Waals surface area contributed by atoms with Crippen LogP contribution in [-0.4, -0.2) is 16.3 Å². The van der Waals surface area contributed by atoms with E-state index in [2.05, 4.69) is 0 Å². The van der Waals surface area contributed by atoms with E-state index >= 15 is 0 Å². The fraction of sp³-hybridized carbons (Fsp3) is 0.455. The van der Waals surface area contributed by atoms with Crippen LogP contribution in [0, 0.1) is 0 Å². The lowest BCUT2D eigenvalue weighted by Crippen LogP contribution is -2.22. The zero-order valence-corrected chi connectivity index (χ0v) is 7.70. The summed E-state index contributed by atoms with van der Waals surface area (Å²) in [5.41, 5.74) is 0.732. The predicted molar refractivity (Wildman–Crippen MR) is 50.7 cm³/mol. The molecule has 1 aromatic carbocycles. The van der Waals surface area contributed by atoms with Crippen LogP contribution in [0.25, 0.3) is 0 Å². The van der Waals surface area contributed by atoms with E-state index in [1.165, 1.54) is 0 Å². The third kappa shape index (κ3) is 1.22. The second-order valence-corrected chi connectivity index (χ2v) is 3.85. The summed E-state index contributed by atoms with van der Waals surface area (Å²) >= 11 is 0. The fourth-order valence-corrected chi connectivity index (χ4v) is 1.94. The smallest absolute Gasteiger partial charge is 0.119 e. The third-order valence-corrected chi connectivity index (χ3v) is 3.03. The van der Waals surface area contributed by atoms with Crippen molar-refractivity contribution >= 4 is 0 Å². The zero-order valence-electron chi connectivity index (χ0n) is 7.70. The van der Waals surface area contributed by atoms with Crippen LogP contribution in [0.2, 0.25) is 0 Å². The molecule has 2 heteroatoms. The SMILES string of the molecule is CC(O)C1(c2ccccc2O)CC1. The molecule has 2 N–H and O–H groups in total. The third-order valence-electron chi connectivity index (χ3n) is 3.03. The molecule has 1 atom stereocenters. The number of rotatable bonds is 2. The van der Waals surface area contributed by atoms with E-state index in [0.29, 0.717) is 5.75 Å². The van der Waals surface area contributed by atoms with E-state index in [-0.39, 0.29) is 11.5 Å². The van der Waals surface area contributed by atoms with Crippen LogP contribution in [0.5, 0.6) is 5.75 Å². The summed E-state index contributed by atoms with van der Waals surface area (Å²) in [4.78, 5) is 0. The average molecular weight is 178 g/mol. The normalized spacial score (nSPS) is 21.1. The number of aliphatic hydroxyl groups excluding tert-OH is 1.